The number of piperidine rings is 1. The first-order valence-corrected chi connectivity index (χ1v) is 12.0. The fraction of sp³-hybridized carbons (Fsp3) is 0.370. The maximum absolute atomic E-state index is 13.0. The van der Waals surface area contributed by atoms with E-state index < -0.39 is 11.2 Å². The molecule has 0 bridgehead atoms. The molecule has 0 aliphatic carbocycles. The van der Waals surface area contributed by atoms with Gasteiger partial charge in [0.2, 0.25) is 0 Å². The van der Waals surface area contributed by atoms with Crippen molar-refractivity contribution >= 4 is 34.3 Å². The summed E-state index contributed by atoms with van der Waals surface area (Å²) in [5, 5.41) is 1.42. The Hall–Kier alpha value is -3.32. The van der Waals surface area contributed by atoms with Crippen LogP contribution in [0, 0.1) is 20.8 Å². The van der Waals surface area contributed by atoms with Crippen LogP contribution < -0.4 is 15.1 Å². The second-order valence-corrected chi connectivity index (χ2v) is 9.84. The lowest BCUT2D eigenvalue weighted by molar-refractivity contribution is -0.136. The van der Waals surface area contributed by atoms with Crippen LogP contribution in [-0.4, -0.2) is 41.9 Å². The number of hydrogen-bond acceptors (Lipinski definition) is 6. The number of amides is 1. The third-order valence-corrected chi connectivity index (χ3v) is 7.63. The van der Waals surface area contributed by atoms with Crippen LogP contribution in [0.1, 0.15) is 46.3 Å². The Bertz CT molecular complexity index is 1420. The van der Waals surface area contributed by atoms with Crippen molar-refractivity contribution in [3.63, 3.8) is 0 Å². The van der Waals surface area contributed by atoms with Gasteiger partial charge < -0.3 is 18.8 Å². The fourth-order valence-electron chi connectivity index (χ4n) is 5.07. The predicted molar refractivity (Wildman–Crippen MR) is 132 cm³/mol. The van der Waals surface area contributed by atoms with E-state index in [2.05, 4.69) is 0 Å². The molecule has 182 valence electrons. The number of carbonyl (C=O) groups excluding carboxylic acids is 2. The van der Waals surface area contributed by atoms with E-state index in [4.69, 9.17) is 25.5 Å². The van der Waals surface area contributed by atoms with Gasteiger partial charge in [0.1, 0.15) is 22.7 Å². The van der Waals surface area contributed by atoms with Crippen molar-refractivity contribution in [2.24, 2.45) is 0 Å². The molecule has 2 aromatic carbocycles. The summed E-state index contributed by atoms with van der Waals surface area (Å²) in [5.74, 6) is 0.927. The number of nitrogens with zero attached hydrogens (tertiary/aromatic N) is 1. The quantitative estimate of drug-likeness (QED) is 0.486. The summed E-state index contributed by atoms with van der Waals surface area (Å²) in [6, 6.07) is 8.46. The van der Waals surface area contributed by atoms with Crippen LogP contribution in [0.15, 0.2) is 39.5 Å². The second-order valence-electron chi connectivity index (χ2n) is 9.47. The zero-order valence-electron chi connectivity index (χ0n) is 19.9. The standard InChI is InChI=1S/C27H26ClNO6/c1-15-11-24(32)34-21-12-18(4-5-19(15)21)33-14-23(31)29-8-6-27(7-9-29)13-20(30)25-17(3)26(28)16(2)10-22(25)35-27/h4-5,10-12H,6-9,13-14H2,1-3H3. The van der Waals surface area contributed by atoms with Gasteiger partial charge in [-0.2, -0.15) is 0 Å². The number of hydrogen-bond donors (Lipinski definition) is 0. The van der Waals surface area contributed by atoms with Crippen molar-refractivity contribution in [1.29, 1.82) is 0 Å². The molecule has 5 rings (SSSR count). The Morgan fingerprint density at radius 1 is 1.09 bits per heavy atom. The van der Waals surface area contributed by atoms with Crippen LogP contribution in [0.2, 0.25) is 5.02 Å². The van der Waals surface area contributed by atoms with E-state index in [1.165, 1.54) is 6.07 Å². The van der Waals surface area contributed by atoms with Crippen molar-refractivity contribution < 1.29 is 23.5 Å². The highest BCUT2D eigenvalue weighted by Crippen LogP contribution is 2.43. The van der Waals surface area contributed by atoms with Crippen LogP contribution >= 0.6 is 11.6 Å². The summed E-state index contributed by atoms with van der Waals surface area (Å²) >= 11 is 6.34. The van der Waals surface area contributed by atoms with Gasteiger partial charge in [0.05, 0.1) is 12.0 Å². The molecule has 0 atom stereocenters. The Labute approximate surface area is 207 Å². The third-order valence-electron chi connectivity index (χ3n) is 7.04. The van der Waals surface area contributed by atoms with E-state index in [0.29, 0.717) is 53.6 Å². The smallest absolute Gasteiger partial charge is 0.336 e. The highest BCUT2D eigenvalue weighted by atomic mass is 35.5. The molecule has 3 heterocycles. The molecule has 0 unspecified atom stereocenters. The number of benzene rings is 2. The summed E-state index contributed by atoms with van der Waals surface area (Å²) in [4.78, 5) is 39.2. The lowest BCUT2D eigenvalue weighted by Gasteiger charge is -2.44. The molecule has 0 saturated carbocycles. The molecule has 8 heteroatoms. The second kappa shape index (κ2) is 8.72. The molecule has 0 N–H and O–H groups in total. The van der Waals surface area contributed by atoms with Gasteiger partial charge in [-0.05, 0) is 55.7 Å². The molecule has 1 aromatic heterocycles. The van der Waals surface area contributed by atoms with E-state index in [1.807, 2.05) is 32.9 Å². The highest BCUT2D eigenvalue weighted by Gasteiger charge is 2.44. The number of carbonyl (C=O) groups is 2. The monoisotopic (exact) mass is 495 g/mol. The first-order valence-electron chi connectivity index (χ1n) is 11.6. The lowest BCUT2D eigenvalue weighted by atomic mass is 9.81. The van der Waals surface area contributed by atoms with Gasteiger partial charge in [0, 0.05) is 48.5 Å². The summed E-state index contributed by atoms with van der Waals surface area (Å²) in [6.07, 6.45) is 1.40. The zero-order valence-corrected chi connectivity index (χ0v) is 20.7. The van der Waals surface area contributed by atoms with Gasteiger partial charge in [0.25, 0.3) is 5.91 Å². The highest BCUT2D eigenvalue weighted by molar-refractivity contribution is 6.32. The number of ketones is 1. The summed E-state index contributed by atoms with van der Waals surface area (Å²) in [6.45, 7) is 6.40. The zero-order chi connectivity index (χ0) is 24.9. The average molecular weight is 496 g/mol. The summed E-state index contributed by atoms with van der Waals surface area (Å²) < 4.78 is 17.3. The van der Waals surface area contributed by atoms with E-state index in [1.54, 1.807) is 17.0 Å². The molecule has 7 nitrogen and oxygen atoms in total. The number of rotatable bonds is 3. The number of halogens is 1. The number of fused-ring (bicyclic) bond motifs is 2. The van der Waals surface area contributed by atoms with Gasteiger partial charge in [-0.3, -0.25) is 9.59 Å². The van der Waals surface area contributed by atoms with Crippen molar-refractivity contribution in [2.45, 2.75) is 45.6 Å². The summed E-state index contributed by atoms with van der Waals surface area (Å²) in [5.41, 5.74) is 2.41. The first-order chi connectivity index (χ1) is 16.7. The topological polar surface area (TPSA) is 86.0 Å². The SMILES string of the molecule is Cc1cc2c(c(C)c1Cl)C(=O)CC1(CCN(C(=O)COc3ccc4c(C)cc(=O)oc4c3)CC1)O2. The lowest BCUT2D eigenvalue weighted by Crippen LogP contribution is -2.53. The molecular weight excluding hydrogens is 470 g/mol. The van der Waals surface area contributed by atoms with Crippen molar-refractivity contribution in [3.05, 3.63) is 68.0 Å². The fourth-order valence-corrected chi connectivity index (χ4v) is 5.22. The number of likely N-dealkylation sites (tertiary alicyclic amines) is 1. The molecule has 1 spiro atoms. The van der Waals surface area contributed by atoms with Crippen molar-refractivity contribution in [1.82, 2.24) is 4.90 Å². The van der Waals surface area contributed by atoms with Crippen molar-refractivity contribution in [3.8, 4) is 11.5 Å². The molecule has 0 radical (unpaired) electrons. The Balaban J connectivity index is 1.23. The van der Waals surface area contributed by atoms with E-state index in [-0.39, 0.29) is 24.7 Å². The van der Waals surface area contributed by atoms with Gasteiger partial charge in [-0.1, -0.05) is 11.6 Å². The van der Waals surface area contributed by atoms with Gasteiger partial charge in [-0.25, -0.2) is 4.79 Å². The van der Waals surface area contributed by atoms with Gasteiger partial charge >= 0.3 is 5.63 Å². The van der Waals surface area contributed by atoms with Crippen LogP contribution in [0.25, 0.3) is 11.0 Å². The molecule has 3 aromatic rings. The number of Topliss-reactive ketones (excluding diaryl/α,β-unsaturated/α-hetero) is 1. The molecule has 2 aliphatic rings. The Morgan fingerprint density at radius 3 is 2.57 bits per heavy atom. The van der Waals surface area contributed by atoms with Gasteiger partial charge in [-0.15, -0.1) is 0 Å². The molecule has 2 aliphatic heterocycles. The number of aryl methyl sites for hydroxylation is 2. The first kappa shape index (κ1) is 23.4. The Kier molecular flexibility index (Phi) is 5.83. The van der Waals surface area contributed by atoms with Crippen LogP contribution in [0.5, 0.6) is 11.5 Å². The number of ether oxygens (including phenoxy) is 2. The van der Waals surface area contributed by atoms with E-state index >= 15 is 0 Å². The predicted octanol–water partition coefficient (Wildman–Crippen LogP) is 4.78. The van der Waals surface area contributed by atoms with Gasteiger partial charge in [0.15, 0.2) is 12.4 Å². The van der Waals surface area contributed by atoms with Crippen molar-refractivity contribution in [2.75, 3.05) is 19.7 Å². The maximum atomic E-state index is 13.0. The normalized spacial score (nSPS) is 16.8. The minimum Gasteiger partial charge on any atom is -0.486 e. The minimum atomic E-state index is -0.609. The average Bonchev–Trinajstić information content (AvgIpc) is 2.80. The minimum absolute atomic E-state index is 0.0342. The molecule has 35 heavy (non-hydrogen) atoms. The van der Waals surface area contributed by atoms with E-state index in [0.717, 1.165) is 22.1 Å². The molecular formula is C27H26ClNO6. The molecule has 1 amide bonds. The Morgan fingerprint density at radius 2 is 1.83 bits per heavy atom. The molecule has 1 saturated heterocycles. The van der Waals surface area contributed by atoms with Crippen LogP contribution in [0.4, 0.5) is 0 Å². The van der Waals surface area contributed by atoms with E-state index in [9.17, 15) is 14.4 Å². The van der Waals surface area contributed by atoms with Crippen LogP contribution in [-0.2, 0) is 4.79 Å². The molecule has 1 fully saturated rings. The maximum Gasteiger partial charge on any atom is 0.336 e. The van der Waals surface area contributed by atoms with Crippen LogP contribution in [0.3, 0.4) is 0 Å². The summed E-state index contributed by atoms with van der Waals surface area (Å²) in [7, 11) is 0. The third kappa shape index (κ3) is 4.29. The largest absolute Gasteiger partial charge is 0.486 e.